The number of nitrogens with one attached hydrogen (secondary N) is 1. The lowest BCUT2D eigenvalue weighted by molar-refractivity contribution is -0.384. The normalized spacial score (nSPS) is 16.7. The highest BCUT2D eigenvalue weighted by Crippen LogP contribution is 2.33. The lowest BCUT2D eigenvalue weighted by Crippen LogP contribution is -2.23. The molecule has 2 heterocycles. The van der Waals surface area contributed by atoms with E-state index in [1.807, 2.05) is 0 Å². The van der Waals surface area contributed by atoms with Crippen molar-refractivity contribution in [3.63, 3.8) is 0 Å². The Labute approximate surface area is 118 Å². The van der Waals surface area contributed by atoms with Gasteiger partial charge in [-0.1, -0.05) is 0 Å². The third kappa shape index (κ3) is 4.03. The van der Waals surface area contributed by atoms with Crippen LogP contribution in [-0.2, 0) is 10.9 Å². The van der Waals surface area contributed by atoms with E-state index >= 15 is 0 Å². The Morgan fingerprint density at radius 2 is 2.10 bits per heavy atom. The Bertz CT molecular complexity index is 516. The van der Waals surface area contributed by atoms with Crippen molar-refractivity contribution in [3.8, 4) is 0 Å². The van der Waals surface area contributed by atoms with E-state index in [1.165, 1.54) is 0 Å². The minimum Gasteiger partial charge on any atom is -0.381 e. The molecule has 21 heavy (non-hydrogen) atoms. The summed E-state index contributed by atoms with van der Waals surface area (Å²) in [6.07, 6.45) is -2.45. The first-order valence-electron chi connectivity index (χ1n) is 6.41. The minimum absolute atomic E-state index is 0.159. The van der Waals surface area contributed by atoms with Crippen LogP contribution in [-0.4, -0.2) is 29.7 Å². The van der Waals surface area contributed by atoms with Gasteiger partial charge < -0.3 is 10.1 Å². The van der Waals surface area contributed by atoms with Gasteiger partial charge in [0.05, 0.1) is 4.92 Å². The van der Waals surface area contributed by atoms with Crippen LogP contribution in [0.2, 0.25) is 0 Å². The van der Waals surface area contributed by atoms with Gasteiger partial charge in [0.15, 0.2) is 0 Å². The van der Waals surface area contributed by atoms with Crippen LogP contribution < -0.4 is 5.32 Å². The van der Waals surface area contributed by atoms with Crippen molar-refractivity contribution in [1.29, 1.82) is 0 Å². The maximum atomic E-state index is 12.6. The van der Waals surface area contributed by atoms with Gasteiger partial charge in [-0.3, -0.25) is 10.1 Å². The highest BCUT2D eigenvalue weighted by molar-refractivity contribution is 5.61. The quantitative estimate of drug-likeness (QED) is 0.683. The van der Waals surface area contributed by atoms with Gasteiger partial charge in [0.1, 0.15) is 17.6 Å². The summed E-state index contributed by atoms with van der Waals surface area (Å²) in [5, 5.41) is 13.6. The number of pyridine rings is 1. The molecule has 0 spiro atoms. The first kappa shape index (κ1) is 15.5. The molecule has 0 amide bonds. The summed E-state index contributed by atoms with van der Waals surface area (Å²) in [6, 6.07) is 0.678. The third-order valence-corrected chi connectivity index (χ3v) is 3.29. The first-order valence-corrected chi connectivity index (χ1v) is 6.41. The number of anilines is 1. The molecule has 1 aliphatic rings. The van der Waals surface area contributed by atoms with Crippen molar-refractivity contribution in [1.82, 2.24) is 4.98 Å². The van der Waals surface area contributed by atoms with Crippen molar-refractivity contribution in [2.24, 2.45) is 5.92 Å². The highest BCUT2D eigenvalue weighted by atomic mass is 19.4. The summed E-state index contributed by atoms with van der Waals surface area (Å²) in [4.78, 5) is 13.2. The van der Waals surface area contributed by atoms with E-state index in [4.69, 9.17) is 4.74 Å². The lowest BCUT2D eigenvalue weighted by atomic mass is 10.0. The summed E-state index contributed by atoms with van der Waals surface area (Å²) in [5.41, 5.74) is -1.77. The van der Waals surface area contributed by atoms with Gasteiger partial charge in [0.25, 0.3) is 0 Å². The van der Waals surface area contributed by atoms with Gasteiger partial charge in [-0.2, -0.15) is 13.2 Å². The summed E-state index contributed by atoms with van der Waals surface area (Å²) < 4.78 is 43.0. The molecule has 116 valence electrons. The van der Waals surface area contributed by atoms with Crippen LogP contribution >= 0.6 is 0 Å². The van der Waals surface area contributed by atoms with E-state index in [9.17, 15) is 23.3 Å². The number of rotatable bonds is 4. The van der Waals surface area contributed by atoms with Crippen LogP contribution in [0.5, 0.6) is 0 Å². The number of nitrogens with zero attached hydrogens (tertiary/aromatic N) is 2. The zero-order valence-electron chi connectivity index (χ0n) is 11.0. The van der Waals surface area contributed by atoms with E-state index in [1.54, 1.807) is 0 Å². The second kappa shape index (κ2) is 6.25. The lowest BCUT2D eigenvalue weighted by Gasteiger charge is -2.22. The van der Waals surface area contributed by atoms with Gasteiger partial charge >= 0.3 is 11.9 Å². The molecule has 0 saturated carbocycles. The summed E-state index contributed by atoms with van der Waals surface area (Å²) in [6.45, 7) is 1.56. The topological polar surface area (TPSA) is 77.3 Å². The van der Waals surface area contributed by atoms with E-state index in [2.05, 4.69) is 10.3 Å². The van der Waals surface area contributed by atoms with Crippen LogP contribution in [0.1, 0.15) is 18.5 Å². The highest BCUT2D eigenvalue weighted by Gasteiger charge is 2.34. The molecule has 0 aromatic carbocycles. The molecular formula is C12H14F3N3O3. The van der Waals surface area contributed by atoms with Gasteiger partial charge in [0.2, 0.25) is 0 Å². The van der Waals surface area contributed by atoms with Gasteiger partial charge in [-0.25, -0.2) is 4.98 Å². The number of nitro groups is 1. The van der Waals surface area contributed by atoms with Crippen LogP contribution in [0.3, 0.4) is 0 Å². The summed E-state index contributed by atoms with van der Waals surface area (Å²) >= 11 is 0. The second-order valence-corrected chi connectivity index (χ2v) is 4.78. The van der Waals surface area contributed by atoms with Gasteiger partial charge in [-0.05, 0) is 24.8 Å². The molecule has 1 aliphatic heterocycles. The first-order chi connectivity index (χ1) is 9.88. The molecule has 9 heteroatoms. The maximum Gasteiger partial charge on any atom is 0.433 e. The zero-order valence-corrected chi connectivity index (χ0v) is 11.0. The second-order valence-electron chi connectivity index (χ2n) is 4.78. The van der Waals surface area contributed by atoms with Crippen molar-refractivity contribution in [2.75, 3.05) is 25.1 Å². The van der Waals surface area contributed by atoms with Crippen molar-refractivity contribution in [3.05, 3.63) is 28.1 Å². The Morgan fingerprint density at radius 3 is 2.67 bits per heavy atom. The molecule has 0 aliphatic carbocycles. The molecule has 1 saturated heterocycles. The van der Waals surface area contributed by atoms with Crippen LogP contribution in [0, 0.1) is 16.0 Å². The van der Waals surface area contributed by atoms with Crippen molar-refractivity contribution < 1.29 is 22.8 Å². The Morgan fingerprint density at radius 1 is 1.43 bits per heavy atom. The molecule has 0 atom stereocenters. The average Bonchev–Trinajstić information content (AvgIpc) is 2.45. The van der Waals surface area contributed by atoms with Gasteiger partial charge in [-0.15, -0.1) is 0 Å². The van der Waals surface area contributed by atoms with Crippen molar-refractivity contribution in [2.45, 2.75) is 19.0 Å². The molecule has 2 rings (SSSR count). The SMILES string of the molecule is O=[N+]([O-])c1cnc(C(F)(F)F)cc1NCC1CCOCC1. The zero-order chi connectivity index (χ0) is 15.5. The van der Waals surface area contributed by atoms with Crippen LogP contribution in [0.25, 0.3) is 0 Å². The molecule has 1 N–H and O–H groups in total. The average molecular weight is 305 g/mol. The number of aromatic nitrogens is 1. The van der Waals surface area contributed by atoms with Crippen LogP contribution in [0.4, 0.5) is 24.5 Å². The molecule has 6 nitrogen and oxygen atoms in total. The molecular weight excluding hydrogens is 291 g/mol. The van der Waals surface area contributed by atoms with E-state index in [0.717, 1.165) is 12.8 Å². The molecule has 1 aromatic heterocycles. The van der Waals surface area contributed by atoms with E-state index in [-0.39, 0.29) is 11.6 Å². The number of alkyl halides is 3. The molecule has 0 unspecified atom stereocenters. The third-order valence-electron chi connectivity index (χ3n) is 3.29. The van der Waals surface area contributed by atoms with Gasteiger partial charge in [0, 0.05) is 19.8 Å². The number of ether oxygens (including phenoxy) is 1. The fourth-order valence-electron chi connectivity index (χ4n) is 2.10. The predicted molar refractivity (Wildman–Crippen MR) is 67.9 cm³/mol. The Hall–Kier alpha value is -1.90. The summed E-state index contributed by atoms with van der Waals surface area (Å²) in [7, 11) is 0. The summed E-state index contributed by atoms with van der Waals surface area (Å²) in [5.74, 6) is 0.223. The van der Waals surface area contributed by atoms with Crippen molar-refractivity contribution >= 4 is 11.4 Å². The Kier molecular flexibility index (Phi) is 4.61. The van der Waals surface area contributed by atoms with E-state index < -0.39 is 22.5 Å². The maximum absolute atomic E-state index is 12.6. The molecule has 0 radical (unpaired) electrons. The minimum atomic E-state index is -4.63. The standard InChI is InChI=1S/C12H14F3N3O3/c13-12(14,15)11-5-9(10(7-17-11)18(19)20)16-6-8-1-3-21-4-2-8/h5,7-8H,1-4,6H2,(H,16,17). The molecule has 1 aromatic rings. The number of hydrogen-bond donors (Lipinski definition) is 1. The van der Waals surface area contributed by atoms with Crippen LogP contribution in [0.15, 0.2) is 12.3 Å². The smallest absolute Gasteiger partial charge is 0.381 e. The molecule has 1 fully saturated rings. The number of halogens is 3. The monoisotopic (exact) mass is 305 g/mol. The van der Waals surface area contributed by atoms with E-state index in [0.29, 0.717) is 32.0 Å². The molecule has 0 bridgehead atoms. The Balaban J connectivity index is 2.16. The fourth-order valence-corrected chi connectivity index (χ4v) is 2.10. The fraction of sp³-hybridized carbons (Fsp3) is 0.583. The largest absolute Gasteiger partial charge is 0.433 e. The predicted octanol–water partition coefficient (Wildman–Crippen LogP) is 2.85. The number of hydrogen-bond acceptors (Lipinski definition) is 5.